The highest BCUT2D eigenvalue weighted by atomic mass is 17.2. The van der Waals surface area contributed by atoms with Gasteiger partial charge in [-0.15, -0.1) is 0 Å². The summed E-state index contributed by atoms with van der Waals surface area (Å²) >= 11 is 0. The lowest BCUT2D eigenvalue weighted by Gasteiger charge is -2.49. The molecule has 1 heterocycles. The van der Waals surface area contributed by atoms with Gasteiger partial charge in [-0.3, -0.25) is 0 Å². The fourth-order valence-electron chi connectivity index (χ4n) is 2.28. The molecule has 2 rings (SSSR count). The van der Waals surface area contributed by atoms with Crippen molar-refractivity contribution in [2.75, 3.05) is 0 Å². The summed E-state index contributed by atoms with van der Waals surface area (Å²) in [5.74, 6) is 0.520. The van der Waals surface area contributed by atoms with E-state index in [1.165, 1.54) is 0 Å². The molecule has 3 heteroatoms. The van der Waals surface area contributed by atoms with Crippen LogP contribution >= 0.6 is 0 Å². The average Bonchev–Trinajstić information content (AvgIpc) is 2.01. The second-order valence-corrected chi connectivity index (χ2v) is 5.10. The quantitative estimate of drug-likeness (QED) is 0.584. The molecule has 2 bridgehead atoms. The van der Waals surface area contributed by atoms with Gasteiger partial charge in [-0.1, -0.05) is 0 Å². The van der Waals surface area contributed by atoms with Gasteiger partial charge in [0.15, 0.2) is 0 Å². The van der Waals surface area contributed by atoms with Crippen molar-refractivity contribution in [1.82, 2.24) is 0 Å². The predicted molar refractivity (Wildman–Crippen MR) is 48.0 cm³/mol. The Balaban J connectivity index is 2.14. The minimum absolute atomic E-state index is 0.140. The summed E-state index contributed by atoms with van der Waals surface area (Å²) in [6, 6.07) is 0. The summed E-state index contributed by atoms with van der Waals surface area (Å²) in [7, 11) is 0. The van der Waals surface area contributed by atoms with Crippen LogP contribution in [0.25, 0.3) is 0 Å². The Labute approximate surface area is 79.0 Å². The van der Waals surface area contributed by atoms with Crippen molar-refractivity contribution >= 4 is 0 Å². The molecular weight excluding hydrogens is 168 g/mol. The number of aliphatic hydroxyl groups is 1. The molecule has 0 spiro atoms. The van der Waals surface area contributed by atoms with Crippen molar-refractivity contribution < 1.29 is 14.9 Å². The smallest absolute Gasteiger partial charge is 0.122 e. The molecule has 76 valence electrons. The first-order valence-corrected chi connectivity index (χ1v) is 4.99. The molecule has 1 saturated carbocycles. The lowest BCUT2D eigenvalue weighted by Crippen LogP contribution is -2.55. The monoisotopic (exact) mass is 186 g/mol. The van der Waals surface area contributed by atoms with Crippen molar-refractivity contribution in [3.05, 3.63) is 0 Å². The van der Waals surface area contributed by atoms with Crippen molar-refractivity contribution in [2.24, 2.45) is 5.92 Å². The zero-order chi connectivity index (χ0) is 9.69. The van der Waals surface area contributed by atoms with Crippen LogP contribution in [0, 0.1) is 5.92 Å². The maximum atomic E-state index is 9.95. The van der Waals surface area contributed by atoms with Gasteiger partial charge in [-0.2, -0.15) is 0 Å². The second-order valence-electron chi connectivity index (χ2n) is 5.10. The first-order valence-electron chi connectivity index (χ1n) is 4.99. The molecular formula is C10H18O3. The first-order chi connectivity index (χ1) is 5.92. The molecule has 1 saturated heterocycles. The summed E-state index contributed by atoms with van der Waals surface area (Å²) in [6.45, 7) is 5.93. The highest BCUT2D eigenvalue weighted by molar-refractivity contribution is 4.96. The van der Waals surface area contributed by atoms with Crippen molar-refractivity contribution in [3.8, 4) is 0 Å². The Morgan fingerprint density at radius 1 is 1.31 bits per heavy atom. The van der Waals surface area contributed by atoms with E-state index in [0.29, 0.717) is 5.92 Å². The number of fused-ring (bicyclic) bond motifs is 2. The van der Waals surface area contributed by atoms with Crippen LogP contribution in [0.5, 0.6) is 0 Å². The van der Waals surface area contributed by atoms with Gasteiger partial charge in [-0.25, -0.2) is 9.78 Å². The molecule has 1 aliphatic carbocycles. The maximum absolute atomic E-state index is 9.95. The number of hydrogen-bond acceptors (Lipinski definition) is 3. The van der Waals surface area contributed by atoms with Crippen LogP contribution in [0.15, 0.2) is 0 Å². The van der Waals surface area contributed by atoms with Crippen LogP contribution in [0.4, 0.5) is 0 Å². The molecule has 13 heavy (non-hydrogen) atoms. The summed E-state index contributed by atoms with van der Waals surface area (Å²) in [5, 5.41) is 9.95. The largest absolute Gasteiger partial charge is 0.387 e. The minimum atomic E-state index is -0.701. The summed E-state index contributed by atoms with van der Waals surface area (Å²) in [6.07, 6.45) is 2.62. The Kier molecular flexibility index (Phi) is 1.95. The first kappa shape index (κ1) is 9.44. The molecule has 0 unspecified atom stereocenters. The molecule has 0 aromatic heterocycles. The van der Waals surface area contributed by atoms with E-state index >= 15 is 0 Å². The average molecular weight is 186 g/mol. The van der Waals surface area contributed by atoms with E-state index in [1.807, 2.05) is 20.8 Å². The fourth-order valence-corrected chi connectivity index (χ4v) is 2.28. The molecule has 0 radical (unpaired) electrons. The van der Waals surface area contributed by atoms with Gasteiger partial charge in [0.05, 0.1) is 5.60 Å². The SMILES string of the molecule is CC1(C)OO[C@@H]2C[C@H]1CC[C@@]2(C)O. The number of rotatable bonds is 0. The summed E-state index contributed by atoms with van der Waals surface area (Å²) < 4.78 is 0. The van der Waals surface area contributed by atoms with Crippen molar-refractivity contribution in [3.63, 3.8) is 0 Å². The highest BCUT2D eigenvalue weighted by Gasteiger charge is 2.49. The van der Waals surface area contributed by atoms with Gasteiger partial charge in [0.25, 0.3) is 0 Å². The standard InChI is InChI=1S/C10H18O3/c1-9(2)7-4-5-10(3,11)8(6-7)12-13-9/h7-8,11H,4-6H2,1-3H3/t7-,8-,10-/m1/s1. The Hall–Kier alpha value is -0.120. The third-order valence-corrected chi connectivity index (χ3v) is 3.55. The Morgan fingerprint density at radius 2 is 2.00 bits per heavy atom. The molecule has 0 amide bonds. The van der Waals surface area contributed by atoms with Crippen LogP contribution in [-0.4, -0.2) is 22.4 Å². The fraction of sp³-hybridized carbons (Fsp3) is 1.00. The van der Waals surface area contributed by atoms with Crippen molar-refractivity contribution in [2.45, 2.75) is 57.3 Å². The van der Waals surface area contributed by atoms with Gasteiger partial charge < -0.3 is 5.11 Å². The van der Waals surface area contributed by atoms with E-state index in [-0.39, 0.29) is 11.7 Å². The van der Waals surface area contributed by atoms with E-state index in [0.717, 1.165) is 19.3 Å². The maximum Gasteiger partial charge on any atom is 0.122 e. The Bertz CT molecular complexity index is 188. The van der Waals surface area contributed by atoms with E-state index in [1.54, 1.807) is 0 Å². The van der Waals surface area contributed by atoms with E-state index in [9.17, 15) is 5.11 Å². The molecule has 2 fully saturated rings. The molecule has 1 N–H and O–H groups in total. The highest BCUT2D eigenvalue weighted by Crippen LogP contribution is 2.44. The van der Waals surface area contributed by atoms with Crippen LogP contribution in [-0.2, 0) is 9.78 Å². The molecule has 2 aliphatic rings. The second kappa shape index (κ2) is 2.69. The summed E-state index contributed by atoms with van der Waals surface area (Å²) in [5.41, 5.74) is -0.889. The van der Waals surface area contributed by atoms with Gasteiger partial charge in [0.1, 0.15) is 11.7 Å². The summed E-state index contributed by atoms with van der Waals surface area (Å²) in [4.78, 5) is 10.5. The van der Waals surface area contributed by atoms with E-state index in [4.69, 9.17) is 9.78 Å². The lowest BCUT2D eigenvalue weighted by atomic mass is 9.71. The predicted octanol–water partition coefficient (Wildman–Crippen LogP) is 1.65. The van der Waals surface area contributed by atoms with Gasteiger partial charge in [0, 0.05) is 0 Å². The molecule has 1 aliphatic heterocycles. The number of hydrogen-bond donors (Lipinski definition) is 1. The van der Waals surface area contributed by atoms with Crippen LogP contribution < -0.4 is 0 Å². The van der Waals surface area contributed by atoms with E-state index < -0.39 is 5.60 Å². The van der Waals surface area contributed by atoms with Crippen LogP contribution in [0.2, 0.25) is 0 Å². The molecule has 3 nitrogen and oxygen atoms in total. The van der Waals surface area contributed by atoms with Crippen LogP contribution in [0.1, 0.15) is 40.0 Å². The van der Waals surface area contributed by atoms with E-state index in [2.05, 4.69) is 0 Å². The molecule has 3 atom stereocenters. The van der Waals surface area contributed by atoms with Gasteiger partial charge >= 0.3 is 0 Å². The van der Waals surface area contributed by atoms with Gasteiger partial charge in [-0.05, 0) is 46.0 Å². The minimum Gasteiger partial charge on any atom is -0.387 e. The molecule has 0 aromatic carbocycles. The van der Waals surface area contributed by atoms with Gasteiger partial charge in [0.2, 0.25) is 0 Å². The third kappa shape index (κ3) is 1.49. The Morgan fingerprint density at radius 3 is 2.69 bits per heavy atom. The lowest BCUT2D eigenvalue weighted by molar-refractivity contribution is -0.442. The topological polar surface area (TPSA) is 38.7 Å². The normalized spacial score (nSPS) is 48.9. The van der Waals surface area contributed by atoms with Crippen LogP contribution in [0.3, 0.4) is 0 Å². The molecule has 0 aromatic rings. The zero-order valence-corrected chi connectivity index (χ0v) is 8.54. The third-order valence-electron chi connectivity index (χ3n) is 3.55. The zero-order valence-electron chi connectivity index (χ0n) is 8.54. The van der Waals surface area contributed by atoms with Crippen molar-refractivity contribution in [1.29, 1.82) is 0 Å².